The molecule has 2 aromatic carbocycles. The molecule has 0 aliphatic carbocycles. The Morgan fingerprint density at radius 2 is 1.53 bits per heavy atom. The van der Waals surface area contributed by atoms with E-state index in [1.54, 1.807) is 18.2 Å². The molecule has 158 valence electrons. The Hall–Kier alpha value is -2.63. The summed E-state index contributed by atoms with van der Waals surface area (Å²) in [4.78, 5) is 13.0. The van der Waals surface area contributed by atoms with Crippen molar-refractivity contribution in [3.8, 4) is 11.5 Å². The van der Waals surface area contributed by atoms with Crippen molar-refractivity contribution < 1.29 is 24.1 Å². The van der Waals surface area contributed by atoms with Gasteiger partial charge in [0.2, 0.25) is 0 Å². The van der Waals surface area contributed by atoms with E-state index in [-0.39, 0.29) is 23.9 Å². The first kappa shape index (κ1) is 20.6. The van der Waals surface area contributed by atoms with Crippen LogP contribution >= 0.6 is 0 Å². The number of phenolic OH excluding ortho intramolecular Hbond substituents is 1. The van der Waals surface area contributed by atoms with Gasteiger partial charge < -0.3 is 19.3 Å². The second-order valence-corrected chi connectivity index (χ2v) is 8.58. The smallest absolute Gasteiger partial charge is 0.339 e. The fraction of sp³-hybridized carbons (Fsp3) is 0.400. The van der Waals surface area contributed by atoms with Gasteiger partial charge in [-0.15, -0.1) is 0 Å². The Morgan fingerprint density at radius 1 is 1.00 bits per heavy atom. The molecule has 5 nitrogen and oxygen atoms in total. The predicted octanol–water partition coefficient (Wildman–Crippen LogP) is 4.52. The summed E-state index contributed by atoms with van der Waals surface area (Å²) in [6, 6.07) is 14.8. The third kappa shape index (κ3) is 4.58. The monoisotopic (exact) mass is 408 g/mol. The van der Waals surface area contributed by atoms with Gasteiger partial charge in [0.1, 0.15) is 11.5 Å². The third-order valence-corrected chi connectivity index (χ3v) is 5.93. The maximum absolute atomic E-state index is 13.0. The molecule has 0 spiro atoms. The van der Waals surface area contributed by atoms with Gasteiger partial charge in [0.05, 0.1) is 25.4 Å². The number of hydrogen-bond acceptors (Lipinski definition) is 5. The molecule has 0 aromatic heterocycles. The maximum atomic E-state index is 13.0. The van der Waals surface area contributed by atoms with E-state index in [9.17, 15) is 9.90 Å². The lowest BCUT2D eigenvalue weighted by Gasteiger charge is -2.28. The van der Waals surface area contributed by atoms with Gasteiger partial charge in [-0.1, -0.05) is 55.8 Å². The lowest BCUT2D eigenvalue weighted by Crippen LogP contribution is -2.22. The van der Waals surface area contributed by atoms with Crippen LogP contribution in [-0.4, -0.2) is 36.5 Å². The largest absolute Gasteiger partial charge is 0.508 e. The highest BCUT2D eigenvalue weighted by Crippen LogP contribution is 2.41. The van der Waals surface area contributed by atoms with Crippen molar-refractivity contribution in [3.63, 3.8) is 0 Å². The van der Waals surface area contributed by atoms with E-state index in [4.69, 9.17) is 14.2 Å². The first-order valence-corrected chi connectivity index (χ1v) is 10.4. The molecule has 2 atom stereocenters. The minimum atomic E-state index is -0.549. The van der Waals surface area contributed by atoms with Gasteiger partial charge in [0.15, 0.2) is 0 Å². The summed E-state index contributed by atoms with van der Waals surface area (Å²) in [7, 11) is 0. The van der Waals surface area contributed by atoms with Crippen molar-refractivity contribution in [3.05, 3.63) is 70.8 Å². The summed E-state index contributed by atoms with van der Waals surface area (Å²) in [6.07, 6.45) is 1.89. The Bertz CT molecular complexity index is 951. The van der Waals surface area contributed by atoms with Crippen LogP contribution in [0.2, 0.25) is 0 Å². The van der Waals surface area contributed by atoms with Crippen LogP contribution in [0.1, 0.15) is 44.7 Å². The molecule has 2 aliphatic heterocycles. The molecule has 1 N–H and O–H groups in total. The molecule has 2 saturated heterocycles. The van der Waals surface area contributed by atoms with Crippen LogP contribution in [0, 0.1) is 0 Å². The van der Waals surface area contributed by atoms with Gasteiger partial charge in [-0.05, 0) is 31.9 Å². The van der Waals surface area contributed by atoms with Crippen LogP contribution in [-0.2, 0) is 19.7 Å². The van der Waals surface area contributed by atoms with Gasteiger partial charge in [0.25, 0.3) is 0 Å². The van der Waals surface area contributed by atoms with Crippen molar-refractivity contribution in [1.82, 2.24) is 0 Å². The van der Waals surface area contributed by atoms with Crippen molar-refractivity contribution in [2.45, 2.75) is 51.2 Å². The molecule has 2 heterocycles. The first-order valence-electron chi connectivity index (χ1n) is 10.4. The highest BCUT2D eigenvalue weighted by molar-refractivity contribution is 5.90. The summed E-state index contributed by atoms with van der Waals surface area (Å²) in [5.74, 6) is 0.363. The molecule has 2 aromatic rings. The first-order chi connectivity index (χ1) is 14.4. The number of ether oxygens (including phenoxy) is 3. The maximum Gasteiger partial charge on any atom is 0.339 e. The Balaban J connectivity index is 1.61. The summed E-state index contributed by atoms with van der Waals surface area (Å²) < 4.78 is 16.6. The van der Waals surface area contributed by atoms with E-state index >= 15 is 0 Å². The normalized spacial score (nSPS) is 19.8. The summed E-state index contributed by atoms with van der Waals surface area (Å²) >= 11 is 0. The zero-order valence-corrected chi connectivity index (χ0v) is 17.7. The van der Waals surface area contributed by atoms with Crippen LogP contribution in [0.5, 0.6) is 11.5 Å². The van der Waals surface area contributed by atoms with Crippen molar-refractivity contribution in [2.75, 3.05) is 13.2 Å². The van der Waals surface area contributed by atoms with Crippen molar-refractivity contribution >= 4 is 5.97 Å². The second-order valence-electron chi connectivity index (χ2n) is 8.58. The van der Waals surface area contributed by atoms with Gasteiger partial charge in [-0.3, -0.25) is 0 Å². The Morgan fingerprint density at radius 3 is 2.10 bits per heavy atom. The van der Waals surface area contributed by atoms with Crippen molar-refractivity contribution in [1.29, 1.82) is 0 Å². The molecule has 30 heavy (non-hydrogen) atoms. The van der Waals surface area contributed by atoms with E-state index in [2.05, 4.69) is 0 Å². The molecule has 2 unspecified atom stereocenters. The number of esters is 1. The number of rotatable bonds is 8. The Labute approximate surface area is 177 Å². The number of epoxide rings is 2. The standard InChI is InChI=1S/C25H28O5/c1-16(17(12-18-14-28-18)13-19-15-29-19)24(27)30-23-11-7-5-9-21(23)25(2,3)20-8-4-6-10-22(20)26/h4-11,18-19,26H,12-15H2,1-3H3. The SMILES string of the molecule is CC(C(=O)Oc1ccccc1C(C)(C)c1ccccc1O)=C(CC1CO1)CC1CO1. The molecule has 2 aliphatic rings. The summed E-state index contributed by atoms with van der Waals surface area (Å²) in [5, 5.41) is 10.4. The molecule has 0 amide bonds. The van der Waals surface area contributed by atoms with Crippen molar-refractivity contribution in [2.24, 2.45) is 0 Å². The van der Waals surface area contributed by atoms with Crippen LogP contribution in [0.25, 0.3) is 0 Å². The lowest BCUT2D eigenvalue weighted by atomic mass is 9.77. The highest BCUT2D eigenvalue weighted by Gasteiger charge is 2.32. The Kier molecular flexibility index (Phi) is 5.67. The molecule has 0 radical (unpaired) electrons. The quantitative estimate of drug-likeness (QED) is 0.301. The topological polar surface area (TPSA) is 71.6 Å². The number of phenols is 1. The van der Waals surface area contributed by atoms with Gasteiger partial charge in [-0.2, -0.15) is 0 Å². The van der Waals surface area contributed by atoms with E-state index < -0.39 is 5.41 Å². The van der Waals surface area contributed by atoms with E-state index in [0.29, 0.717) is 11.3 Å². The fourth-order valence-corrected chi connectivity index (χ4v) is 3.85. The number of benzene rings is 2. The summed E-state index contributed by atoms with van der Waals surface area (Å²) in [6.45, 7) is 7.33. The zero-order chi connectivity index (χ0) is 21.3. The molecular formula is C25H28O5. The highest BCUT2D eigenvalue weighted by atomic mass is 16.6. The number of para-hydroxylation sites is 2. The van der Waals surface area contributed by atoms with E-state index in [1.807, 2.05) is 51.1 Å². The molecule has 2 fully saturated rings. The second kappa shape index (κ2) is 8.25. The van der Waals surface area contributed by atoms with Crippen LogP contribution in [0.3, 0.4) is 0 Å². The number of hydrogen-bond donors (Lipinski definition) is 1. The fourth-order valence-electron chi connectivity index (χ4n) is 3.85. The minimum Gasteiger partial charge on any atom is -0.508 e. The van der Waals surface area contributed by atoms with Gasteiger partial charge in [-0.25, -0.2) is 4.79 Å². The zero-order valence-electron chi connectivity index (χ0n) is 17.7. The number of carbonyl (C=O) groups excluding carboxylic acids is 1. The van der Waals surface area contributed by atoms with E-state index in [1.165, 1.54) is 0 Å². The molecule has 0 bridgehead atoms. The predicted molar refractivity (Wildman–Crippen MR) is 114 cm³/mol. The van der Waals surface area contributed by atoms with Crippen LogP contribution < -0.4 is 4.74 Å². The van der Waals surface area contributed by atoms with Gasteiger partial charge in [0, 0.05) is 22.1 Å². The van der Waals surface area contributed by atoms with E-state index in [0.717, 1.165) is 42.8 Å². The van der Waals surface area contributed by atoms with Crippen LogP contribution in [0.15, 0.2) is 59.7 Å². The number of carbonyl (C=O) groups is 1. The molecule has 5 heteroatoms. The average Bonchev–Trinajstić information content (AvgIpc) is 3.64. The average molecular weight is 408 g/mol. The molecule has 4 rings (SSSR count). The third-order valence-electron chi connectivity index (χ3n) is 5.93. The molecular weight excluding hydrogens is 380 g/mol. The lowest BCUT2D eigenvalue weighted by molar-refractivity contribution is -0.130. The minimum absolute atomic E-state index is 0.203. The number of aromatic hydroxyl groups is 1. The summed E-state index contributed by atoms with van der Waals surface area (Å²) in [5.41, 5.74) is 2.73. The van der Waals surface area contributed by atoms with Gasteiger partial charge >= 0.3 is 5.97 Å². The van der Waals surface area contributed by atoms with Crippen LogP contribution in [0.4, 0.5) is 0 Å². The molecule has 0 saturated carbocycles.